The van der Waals surface area contributed by atoms with Crippen molar-refractivity contribution in [2.45, 2.75) is 103 Å². The van der Waals surface area contributed by atoms with Gasteiger partial charge in [0.2, 0.25) is 0 Å². The molecule has 1 rings (SSSR count). The fourth-order valence-electron chi connectivity index (χ4n) is 3.81. The molecule has 0 spiro atoms. The Morgan fingerprint density at radius 2 is 1.25 bits per heavy atom. The molecular formula is C26H39IO5. The van der Waals surface area contributed by atoms with Crippen molar-refractivity contribution in [1.29, 1.82) is 0 Å². The number of aryl methyl sites for hydroxylation is 1. The highest BCUT2D eigenvalue weighted by Crippen LogP contribution is 2.24. The number of carboxylic acids is 2. The molecule has 0 aliphatic heterocycles. The molecule has 0 aliphatic rings. The summed E-state index contributed by atoms with van der Waals surface area (Å²) in [5, 5.41) is 18.7. The molecule has 2 N–H and O–H groups in total. The highest BCUT2D eigenvalue weighted by Gasteiger charge is 2.18. The quantitative estimate of drug-likeness (QED) is 0.102. The van der Waals surface area contributed by atoms with E-state index in [9.17, 15) is 22.9 Å². The van der Waals surface area contributed by atoms with Crippen molar-refractivity contribution in [2.75, 3.05) is 0 Å². The van der Waals surface area contributed by atoms with Crippen LogP contribution < -0.4 is 0 Å². The number of unbranched alkanes of at least 4 members (excludes halogenated alkanes) is 12. The van der Waals surface area contributed by atoms with Crippen molar-refractivity contribution in [1.82, 2.24) is 0 Å². The third kappa shape index (κ3) is 11.9. The molecule has 0 unspecified atom stereocenters. The van der Waals surface area contributed by atoms with Gasteiger partial charge in [0.25, 0.3) is 0 Å². The van der Waals surface area contributed by atoms with Gasteiger partial charge >= 0.3 is 11.9 Å². The number of aromatic carboxylic acids is 2. The van der Waals surface area contributed by atoms with Gasteiger partial charge in [0.15, 0.2) is 21.2 Å². The van der Waals surface area contributed by atoms with Crippen molar-refractivity contribution >= 4 is 33.1 Å². The van der Waals surface area contributed by atoms with Gasteiger partial charge in [0.05, 0.1) is 14.7 Å². The lowest BCUT2D eigenvalue weighted by Crippen LogP contribution is -2.08. The highest BCUT2D eigenvalue weighted by atomic mass is 127. The van der Waals surface area contributed by atoms with E-state index in [-0.39, 0.29) is 14.7 Å². The first kappa shape index (κ1) is 28.5. The third-order valence-electron chi connectivity index (χ3n) is 5.69. The molecule has 180 valence electrons. The Morgan fingerprint density at radius 3 is 1.75 bits per heavy atom. The molecule has 0 fully saturated rings. The van der Waals surface area contributed by atoms with Crippen LogP contribution in [0.2, 0.25) is 0 Å². The van der Waals surface area contributed by atoms with Crippen molar-refractivity contribution in [3.8, 4) is 0 Å². The van der Waals surface area contributed by atoms with Crippen LogP contribution in [-0.2, 0) is 9.49 Å². The summed E-state index contributed by atoms with van der Waals surface area (Å²) in [6.07, 6.45) is 22.1. The minimum atomic E-state index is -1.74. The van der Waals surface area contributed by atoms with Gasteiger partial charge in [-0.25, -0.2) is 9.59 Å². The van der Waals surface area contributed by atoms with Gasteiger partial charge in [0, 0.05) is 0 Å². The topological polar surface area (TPSA) is 91.7 Å². The summed E-state index contributed by atoms with van der Waals surface area (Å²) in [6, 6.07) is 2.67. The molecule has 0 aromatic heterocycles. The molecule has 1 aromatic carbocycles. The van der Waals surface area contributed by atoms with E-state index < -0.39 is 33.1 Å². The zero-order chi connectivity index (χ0) is 23.6. The zero-order valence-electron chi connectivity index (χ0n) is 19.4. The van der Waals surface area contributed by atoms with Crippen LogP contribution in [0.1, 0.15) is 123 Å². The number of halogens is 1. The van der Waals surface area contributed by atoms with Crippen LogP contribution in [0.25, 0.3) is 0 Å². The van der Waals surface area contributed by atoms with Crippen LogP contribution >= 0.6 is 21.2 Å². The minimum absolute atomic E-state index is 0.0329. The van der Waals surface area contributed by atoms with Gasteiger partial charge in [0.1, 0.15) is 0 Å². The normalized spacial score (nSPS) is 11.3. The van der Waals surface area contributed by atoms with Crippen molar-refractivity contribution in [2.24, 2.45) is 0 Å². The molecule has 0 aliphatic carbocycles. The van der Waals surface area contributed by atoms with Gasteiger partial charge in [-0.05, 0) is 56.2 Å². The van der Waals surface area contributed by atoms with Crippen LogP contribution in [0.15, 0.2) is 24.3 Å². The maximum atomic E-state index is 11.5. The Hall–Kier alpha value is -1.57. The standard InChI is InChI=1S/C26H39IO5/c1-2-3-4-5-6-7-8-9-10-11-12-13-14-15-16-17-18-21-19-23(26(30)31)24(27-32)20-22(21)25(28)29/h11-12,19-20H,2-10,13-18H2,1H3,(H,28,29)(H,30,31)/b12-11+. The maximum absolute atomic E-state index is 11.5. The van der Waals surface area contributed by atoms with Gasteiger partial charge < -0.3 is 10.2 Å². The average molecular weight is 558 g/mol. The van der Waals surface area contributed by atoms with E-state index in [2.05, 4.69) is 19.1 Å². The second-order valence-electron chi connectivity index (χ2n) is 8.36. The average Bonchev–Trinajstić information content (AvgIpc) is 2.78. The van der Waals surface area contributed by atoms with Gasteiger partial charge in [-0.1, -0.05) is 76.9 Å². The Bertz CT molecular complexity index is 742. The summed E-state index contributed by atoms with van der Waals surface area (Å²) < 4.78 is 11.4. The Balaban J connectivity index is 2.21. The Labute approximate surface area is 203 Å². The van der Waals surface area contributed by atoms with E-state index in [1.807, 2.05) is 0 Å². The zero-order valence-corrected chi connectivity index (χ0v) is 21.6. The molecule has 0 saturated heterocycles. The van der Waals surface area contributed by atoms with Crippen molar-refractivity contribution in [3.05, 3.63) is 44.5 Å². The second kappa shape index (κ2) is 17.9. The molecule has 32 heavy (non-hydrogen) atoms. The molecule has 0 bridgehead atoms. The summed E-state index contributed by atoms with van der Waals surface area (Å²) in [6.45, 7) is 2.25. The van der Waals surface area contributed by atoms with Gasteiger partial charge in [-0.15, -0.1) is 0 Å². The highest BCUT2D eigenvalue weighted by molar-refractivity contribution is 14.1. The van der Waals surface area contributed by atoms with E-state index in [4.69, 9.17) is 0 Å². The summed E-state index contributed by atoms with van der Waals surface area (Å²) in [5.74, 6) is -2.26. The fraction of sp³-hybridized carbons (Fsp3) is 0.615. The monoisotopic (exact) mass is 558 g/mol. The van der Waals surface area contributed by atoms with E-state index >= 15 is 0 Å². The number of hydrogen-bond donors (Lipinski definition) is 2. The first-order chi connectivity index (χ1) is 15.5. The van der Waals surface area contributed by atoms with Crippen LogP contribution in [0.5, 0.6) is 0 Å². The number of rotatable bonds is 19. The summed E-state index contributed by atoms with van der Waals surface area (Å²) >= 11 is -1.74. The second-order valence-corrected chi connectivity index (χ2v) is 9.97. The van der Waals surface area contributed by atoms with E-state index in [0.29, 0.717) is 12.0 Å². The molecule has 0 amide bonds. The van der Waals surface area contributed by atoms with Crippen molar-refractivity contribution in [3.63, 3.8) is 0 Å². The first-order valence-electron chi connectivity index (χ1n) is 12.1. The molecular weight excluding hydrogens is 519 g/mol. The SMILES string of the molecule is CCCCCCCCCC/C=C/CCCCCCc1cc(C(=O)O)c(I=O)cc1C(=O)O. The summed E-state index contributed by atoms with van der Waals surface area (Å²) in [4.78, 5) is 22.9. The van der Waals surface area contributed by atoms with E-state index in [1.165, 1.54) is 69.9 Å². The molecule has 0 saturated carbocycles. The first-order valence-corrected chi connectivity index (χ1v) is 14.0. The van der Waals surface area contributed by atoms with Crippen LogP contribution in [0, 0.1) is 3.57 Å². The summed E-state index contributed by atoms with van der Waals surface area (Å²) in [7, 11) is 0. The number of carbonyl (C=O) groups is 2. The van der Waals surface area contributed by atoms with Crippen LogP contribution in [0.4, 0.5) is 0 Å². The number of allylic oxidation sites excluding steroid dienone is 2. The van der Waals surface area contributed by atoms with E-state index in [0.717, 1.165) is 32.1 Å². The fourth-order valence-corrected chi connectivity index (χ4v) is 4.88. The van der Waals surface area contributed by atoms with Gasteiger partial charge in [-0.2, -0.15) is 0 Å². The van der Waals surface area contributed by atoms with E-state index in [1.54, 1.807) is 0 Å². The van der Waals surface area contributed by atoms with Gasteiger partial charge in [-0.3, -0.25) is 3.07 Å². The predicted molar refractivity (Wildman–Crippen MR) is 137 cm³/mol. The van der Waals surface area contributed by atoms with Crippen molar-refractivity contribution < 1.29 is 22.9 Å². The maximum Gasteiger partial charge on any atom is 0.336 e. The molecule has 0 radical (unpaired) electrons. The largest absolute Gasteiger partial charge is 0.478 e. The lowest BCUT2D eigenvalue weighted by atomic mass is 9.98. The van der Waals surface area contributed by atoms with Crippen LogP contribution in [-0.4, -0.2) is 22.2 Å². The molecule has 0 heterocycles. The molecule has 1 aromatic rings. The Morgan fingerprint density at radius 1 is 0.750 bits per heavy atom. The Kier molecular flexibility index (Phi) is 15.9. The lowest BCUT2D eigenvalue weighted by Gasteiger charge is -2.09. The number of hydrogen-bond acceptors (Lipinski definition) is 3. The lowest BCUT2D eigenvalue weighted by molar-refractivity contribution is 0.0679. The predicted octanol–water partition coefficient (Wildman–Crippen LogP) is 8.15. The number of carboxylic acid groups (broad SMARTS) is 2. The number of benzene rings is 1. The summed E-state index contributed by atoms with van der Waals surface area (Å²) in [5.41, 5.74) is 0.556. The van der Waals surface area contributed by atoms with Crippen LogP contribution in [0.3, 0.4) is 0 Å². The molecule has 5 nitrogen and oxygen atoms in total. The smallest absolute Gasteiger partial charge is 0.336 e. The minimum Gasteiger partial charge on any atom is -0.478 e. The molecule has 0 atom stereocenters. The molecule has 6 heteroatoms. The third-order valence-corrected chi connectivity index (χ3v) is 7.06.